The van der Waals surface area contributed by atoms with Crippen LogP contribution in [0.25, 0.3) is 11.3 Å². The van der Waals surface area contributed by atoms with Crippen molar-refractivity contribution in [2.45, 2.75) is 19.3 Å². The third-order valence-corrected chi connectivity index (χ3v) is 3.75. The number of fused-ring (bicyclic) bond motifs is 1. The first-order valence-corrected chi connectivity index (χ1v) is 6.49. The number of nitrogens with zero attached hydrogens (tertiary/aromatic N) is 2. The lowest BCUT2D eigenvalue weighted by molar-refractivity contribution is 0.475. The van der Waals surface area contributed by atoms with Crippen LogP contribution >= 0.6 is 11.6 Å². The summed E-state index contributed by atoms with van der Waals surface area (Å²) in [6.07, 6.45) is 2.83. The number of nitriles is 1. The highest BCUT2D eigenvalue weighted by atomic mass is 35.5. The van der Waals surface area contributed by atoms with Gasteiger partial charge in [-0.05, 0) is 54.7 Å². The van der Waals surface area contributed by atoms with Gasteiger partial charge in [0.25, 0.3) is 0 Å². The van der Waals surface area contributed by atoms with Gasteiger partial charge in [-0.2, -0.15) is 5.26 Å². The number of pyridine rings is 1. The van der Waals surface area contributed by atoms with Gasteiger partial charge in [-0.1, -0.05) is 11.6 Å². The molecule has 1 aliphatic carbocycles. The van der Waals surface area contributed by atoms with Crippen LogP contribution in [0.1, 0.15) is 23.1 Å². The van der Waals surface area contributed by atoms with Gasteiger partial charge in [0.2, 0.25) is 0 Å². The molecule has 0 fully saturated rings. The molecule has 19 heavy (non-hydrogen) atoms. The lowest BCUT2D eigenvalue weighted by Crippen LogP contribution is -1.98. The fourth-order valence-corrected chi connectivity index (χ4v) is 2.84. The summed E-state index contributed by atoms with van der Waals surface area (Å²) in [7, 11) is 0. The number of benzene rings is 1. The lowest BCUT2D eigenvalue weighted by atomic mass is 10.00. The first-order valence-electron chi connectivity index (χ1n) is 6.11. The highest BCUT2D eigenvalue weighted by Gasteiger charge is 2.23. The fraction of sp³-hybridized carbons (Fsp3) is 0.200. The second-order valence-electron chi connectivity index (χ2n) is 4.60. The van der Waals surface area contributed by atoms with Gasteiger partial charge in [0.1, 0.15) is 17.0 Å². The van der Waals surface area contributed by atoms with Crippen LogP contribution in [0.2, 0.25) is 5.15 Å². The van der Waals surface area contributed by atoms with Crippen molar-refractivity contribution in [1.82, 2.24) is 4.98 Å². The van der Waals surface area contributed by atoms with Gasteiger partial charge >= 0.3 is 0 Å². The van der Waals surface area contributed by atoms with E-state index >= 15 is 0 Å². The first-order chi connectivity index (χ1) is 9.20. The van der Waals surface area contributed by atoms with Crippen molar-refractivity contribution < 1.29 is 5.11 Å². The Kier molecular flexibility index (Phi) is 2.88. The number of rotatable bonds is 1. The van der Waals surface area contributed by atoms with Crippen LogP contribution in [-0.2, 0) is 12.8 Å². The standard InChI is InChI=1S/C15H11ClN2O/c16-15-13(8-17)11-2-1-3-12(11)14(18-15)9-4-6-10(19)7-5-9/h4-7,19H,1-3H2. The van der Waals surface area contributed by atoms with Crippen molar-refractivity contribution in [3.8, 4) is 23.1 Å². The maximum Gasteiger partial charge on any atom is 0.147 e. The highest BCUT2D eigenvalue weighted by Crippen LogP contribution is 2.36. The van der Waals surface area contributed by atoms with E-state index in [0.717, 1.165) is 41.6 Å². The van der Waals surface area contributed by atoms with E-state index in [1.54, 1.807) is 12.1 Å². The summed E-state index contributed by atoms with van der Waals surface area (Å²) in [5, 5.41) is 18.8. The minimum absolute atomic E-state index is 0.222. The molecule has 94 valence electrons. The largest absolute Gasteiger partial charge is 0.508 e. The molecule has 0 atom stereocenters. The Labute approximate surface area is 116 Å². The minimum atomic E-state index is 0.222. The molecule has 1 N–H and O–H groups in total. The Hall–Kier alpha value is -2.05. The van der Waals surface area contributed by atoms with Gasteiger partial charge in [0.05, 0.1) is 11.3 Å². The summed E-state index contributed by atoms with van der Waals surface area (Å²) in [5.74, 6) is 0.222. The van der Waals surface area contributed by atoms with Gasteiger partial charge in [-0.25, -0.2) is 4.98 Å². The molecule has 0 radical (unpaired) electrons. The number of hydrogen-bond acceptors (Lipinski definition) is 3. The van der Waals surface area contributed by atoms with E-state index in [-0.39, 0.29) is 10.9 Å². The highest BCUT2D eigenvalue weighted by molar-refractivity contribution is 6.30. The fourth-order valence-electron chi connectivity index (χ4n) is 2.60. The SMILES string of the molecule is N#Cc1c(Cl)nc(-c2ccc(O)cc2)c2c1CCC2. The van der Waals surface area contributed by atoms with Gasteiger partial charge < -0.3 is 5.11 Å². The van der Waals surface area contributed by atoms with Crippen molar-refractivity contribution in [1.29, 1.82) is 5.26 Å². The molecule has 1 heterocycles. The predicted molar refractivity (Wildman–Crippen MR) is 73.1 cm³/mol. The van der Waals surface area contributed by atoms with E-state index in [0.29, 0.717) is 5.56 Å². The van der Waals surface area contributed by atoms with Crippen molar-refractivity contribution in [2.75, 3.05) is 0 Å². The first kappa shape index (κ1) is 12.0. The molecule has 0 aliphatic heterocycles. The van der Waals surface area contributed by atoms with Gasteiger partial charge in [-0.3, -0.25) is 0 Å². The normalized spacial score (nSPS) is 13.1. The van der Waals surface area contributed by atoms with Gasteiger partial charge in [-0.15, -0.1) is 0 Å². The maximum atomic E-state index is 9.34. The number of aromatic hydroxyl groups is 1. The van der Waals surface area contributed by atoms with E-state index in [1.807, 2.05) is 12.1 Å². The van der Waals surface area contributed by atoms with Crippen LogP contribution in [-0.4, -0.2) is 10.1 Å². The summed E-state index contributed by atoms with van der Waals surface area (Å²) >= 11 is 6.11. The molecule has 1 aromatic carbocycles. The van der Waals surface area contributed by atoms with E-state index in [1.165, 1.54) is 0 Å². The molecule has 0 amide bonds. The van der Waals surface area contributed by atoms with Crippen LogP contribution in [0.4, 0.5) is 0 Å². The summed E-state index contributed by atoms with van der Waals surface area (Å²) in [6, 6.07) is 9.04. The molecule has 0 saturated carbocycles. The monoisotopic (exact) mass is 270 g/mol. The maximum absolute atomic E-state index is 9.34. The molecule has 4 heteroatoms. The third-order valence-electron chi connectivity index (χ3n) is 3.47. The number of aromatic nitrogens is 1. The number of phenolic OH excluding ortho intramolecular Hbond substituents is 1. The topological polar surface area (TPSA) is 56.9 Å². The second-order valence-corrected chi connectivity index (χ2v) is 4.95. The van der Waals surface area contributed by atoms with Crippen molar-refractivity contribution in [2.24, 2.45) is 0 Å². The van der Waals surface area contributed by atoms with Crippen LogP contribution in [0.3, 0.4) is 0 Å². The summed E-state index contributed by atoms with van der Waals surface area (Å²) in [5.41, 5.74) is 4.41. The summed E-state index contributed by atoms with van der Waals surface area (Å²) < 4.78 is 0. The zero-order valence-corrected chi connectivity index (χ0v) is 10.9. The molecule has 1 aliphatic rings. The molecule has 2 aromatic rings. The molecular weight excluding hydrogens is 260 g/mol. The Bertz CT molecular complexity index is 687. The number of phenols is 1. The third kappa shape index (κ3) is 1.94. The van der Waals surface area contributed by atoms with Crippen LogP contribution in [0, 0.1) is 11.3 Å². The Morgan fingerprint density at radius 2 is 1.84 bits per heavy atom. The van der Waals surface area contributed by atoms with E-state index in [9.17, 15) is 10.4 Å². The van der Waals surface area contributed by atoms with E-state index < -0.39 is 0 Å². The molecule has 0 spiro atoms. The molecule has 0 saturated heterocycles. The molecule has 1 aromatic heterocycles. The second kappa shape index (κ2) is 4.56. The molecular formula is C15H11ClN2O. The average Bonchev–Trinajstić information content (AvgIpc) is 2.88. The molecule has 0 unspecified atom stereocenters. The van der Waals surface area contributed by atoms with Gasteiger partial charge in [0.15, 0.2) is 0 Å². The zero-order valence-electron chi connectivity index (χ0n) is 10.2. The minimum Gasteiger partial charge on any atom is -0.508 e. The number of hydrogen-bond donors (Lipinski definition) is 1. The summed E-state index contributed by atoms with van der Waals surface area (Å²) in [4.78, 5) is 4.38. The Balaban J connectivity index is 2.24. The quantitative estimate of drug-likeness (QED) is 0.807. The molecule has 0 bridgehead atoms. The van der Waals surface area contributed by atoms with Crippen LogP contribution in [0.5, 0.6) is 5.75 Å². The smallest absolute Gasteiger partial charge is 0.147 e. The van der Waals surface area contributed by atoms with Crippen LogP contribution < -0.4 is 0 Å². The van der Waals surface area contributed by atoms with Crippen molar-refractivity contribution in [3.63, 3.8) is 0 Å². The lowest BCUT2D eigenvalue weighted by Gasteiger charge is -2.10. The van der Waals surface area contributed by atoms with Crippen molar-refractivity contribution in [3.05, 3.63) is 46.1 Å². The Morgan fingerprint density at radius 3 is 2.53 bits per heavy atom. The summed E-state index contributed by atoms with van der Waals surface area (Å²) in [6.45, 7) is 0. The molecule has 3 nitrogen and oxygen atoms in total. The van der Waals surface area contributed by atoms with Crippen LogP contribution in [0.15, 0.2) is 24.3 Å². The van der Waals surface area contributed by atoms with Gasteiger partial charge in [0, 0.05) is 5.56 Å². The van der Waals surface area contributed by atoms with E-state index in [2.05, 4.69) is 11.1 Å². The Morgan fingerprint density at radius 1 is 1.16 bits per heavy atom. The zero-order chi connectivity index (χ0) is 13.4. The predicted octanol–water partition coefficient (Wildman–Crippen LogP) is 3.47. The average molecular weight is 271 g/mol. The number of halogens is 1. The van der Waals surface area contributed by atoms with E-state index in [4.69, 9.17) is 11.6 Å². The van der Waals surface area contributed by atoms with Crippen molar-refractivity contribution >= 4 is 11.6 Å². The molecule has 3 rings (SSSR count).